The summed E-state index contributed by atoms with van der Waals surface area (Å²) in [6.07, 6.45) is 0. The SMILES string of the molecule is COc1ccc(N2Cc3ccccc3S2=O)cc1Cl. The van der Waals surface area contributed by atoms with Crippen molar-refractivity contribution in [3.63, 3.8) is 0 Å². The molecule has 1 heterocycles. The van der Waals surface area contributed by atoms with Crippen LogP contribution in [0.1, 0.15) is 5.56 Å². The molecule has 0 amide bonds. The molecule has 2 aromatic carbocycles. The predicted octanol–water partition coefficient (Wildman–Crippen LogP) is 3.39. The van der Waals surface area contributed by atoms with Crippen LogP contribution in [0.25, 0.3) is 0 Å². The van der Waals surface area contributed by atoms with E-state index in [4.69, 9.17) is 16.3 Å². The second-order valence-electron chi connectivity index (χ2n) is 4.21. The van der Waals surface area contributed by atoms with Gasteiger partial charge in [-0.1, -0.05) is 29.8 Å². The number of methoxy groups -OCH3 is 1. The molecule has 1 atom stereocenters. The van der Waals surface area contributed by atoms with Gasteiger partial charge in [-0.2, -0.15) is 0 Å². The van der Waals surface area contributed by atoms with Crippen molar-refractivity contribution in [2.75, 3.05) is 11.4 Å². The molecule has 2 aromatic rings. The Morgan fingerprint density at radius 1 is 1.26 bits per heavy atom. The Hall–Kier alpha value is -1.52. The second-order valence-corrected chi connectivity index (χ2v) is 6.00. The minimum absolute atomic E-state index is 0.521. The number of nitrogens with zero attached hydrogens (tertiary/aromatic N) is 1. The van der Waals surface area contributed by atoms with Crippen LogP contribution < -0.4 is 9.04 Å². The van der Waals surface area contributed by atoms with Crippen LogP contribution in [0.5, 0.6) is 5.75 Å². The van der Waals surface area contributed by atoms with E-state index in [2.05, 4.69) is 0 Å². The lowest BCUT2D eigenvalue weighted by atomic mass is 10.2. The first-order valence-electron chi connectivity index (χ1n) is 5.81. The van der Waals surface area contributed by atoms with Gasteiger partial charge in [-0.25, -0.2) is 4.21 Å². The summed E-state index contributed by atoms with van der Waals surface area (Å²) < 4.78 is 19.4. The summed E-state index contributed by atoms with van der Waals surface area (Å²) in [6, 6.07) is 13.2. The van der Waals surface area contributed by atoms with Crippen molar-refractivity contribution < 1.29 is 8.95 Å². The highest BCUT2D eigenvalue weighted by Crippen LogP contribution is 2.35. The molecule has 0 aromatic heterocycles. The zero-order valence-electron chi connectivity index (χ0n) is 10.3. The van der Waals surface area contributed by atoms with Crippen LogP contribution in [0.15, 0.2) is 47.4 Å². The monoisotopic (exact) mass is 293 g/mol. The molecule has 0 radical (unpaired) electrons. The van der Waals surface area contributed by atoms with Gasteiger partial charge in [0.25, 0.3) is 0 Å². The van der Waals surface area contributed by atoms with Crippen LogP contribution >= 0.6 is 11.6 Å². The van der Waals surface area contributed by atoms with Gasteiger partial charge < -0.3 is 4.74 Å². The third-order valence-electron chi connectivity index (χ3n) is 3.10. The lowest BCUT2D eigenvalue weighted by molar-refractivity contribution is 0.415. The Bertz CT molecular complexity index is 660. The first kappa shape index (κ1) is 12.5. The molecular formula is C14H12ClNO2S. The highest BCUT2D eigenvalue weighted by Gasteiger charge is 2.27. The number of ether oxygens (including phenoxy) is 1. The maximum Gasteiger partial charge on any atom is 0.153 e. The fraction of sp³-hybridized carbons (Fsp3) is 0.143. The van der Waals surface area contributed by atoms with Crippen molar-refractivity contribution in [3.05, 3.63) is 53.1 Å². The number of halogens is 1. The molecule has 1 aliphatic heterocycles. The molecule has 0 spiro atoms. The average molecular weight is 294 g/mol. The van der Waals surface area contributed by atoms with Crippen molar-refractivity contribution >= 4 is 28.3 Å². The van der Waals surface area contributed by atoms with Gasteiger partial charge >= 0.3 is 0 Å². The van der Waals surface area contributed by atoms with Gasteiger partial charge in [0.2, 0.25) is 0 Å². The summed E-state index contributed by atoms with van der Waals surface area (Å²) in [4.78, 5) is 0.870. The van der Waals surface area contributed by atoms with Crippen LogP contribution in [0.3, 0.4) is 0 Å². The normalized spacial score (nSPS) is 17.4. The maximum atomic E-state index is 12.4. The Kier molecular flexibility index (Phi) is 3.21. The van der Waals surface area contributed by atoms with Gasteiger partial charge in [0.05, 0.1) is 29.3 Å². The van der Waals surface area contributed by atoms with E-state index in [1.165, 1.54) is 0 Å². The minimum Gasteiger partial charge on any atom is -0.495 e. The Balaban J connectivity index is 1.97. The predicted molar refractivity (Wildman–Crippen MR) is 77.0 cm³/mol. The first-order chi connectivity index (χ1) is 9.20. The lowest BCUT2D eigenvalue weighted by Gasteiger charge is -2.17. The largest absolute Gasteiger partial charge is 0.495 e. The van der Waals surface area contributed by atoms with Gasteiger partial charge in [0.15, 0.2) is 11.0 Å². The summed E-state index contributed by atoms with van der Waals surface area (Å²) in [5.41, 5.74) is 1.92. The molecule has 1 unspecified atom stereocenters. The van der Waals surface area contributed by atoms with E-state index < -0.39 is 11.0 Å². The fourth-order valence-electron chi connectivity index (χ4n) is 2.13. The standard InChI is InChI=1S/C14H12ClNO2S/c1-18-13-7-6-11(8-12(13)15)16-9-10-4-2-3-5-14(10)19(16)17/h2-8H,9H2,1H3. The highest BCUT2D eigenvalue weighted by molar-refractivity contribution is 7.86. The zero-order chi connectivity index (χ0) is 13.4. The molecule has 0 bridgehead atoms. The Morgan fingerprint density at radius 3 is 2.74 bits per heavy atom. The lowest BCUT2D eigenvalue weighted by Crippen LogP contribution is -2.17. The molecule has 0 N–H and O–H groups in total. The summed E-state index contributed by atoms with van der Waals surface area (Å²) in [5.74, 6) is 0.618. The van der Waals surface area contributed by atoms with E-state index in [-0.39, 0.29) is 0 Å². The van der Waals surface area contributed by atoms with Crippen LogP contribution in [0, 0.1) is 0 Å². The summed E-state index contributed by atoms with van der Waals surface area (Å²) in [5, 5.41) is 0.521. The third-order valence-corrected chi connectivity index (χ3v) is 4.91. The molecule has 5 heteroatoms. The molecule has 0 saturated carbocycles. The quantitative estimate of drug-likeness (QED) is 0.849. The van der Waals surface area contributed by atoms with Gasteiger partial charge in [0, 0.05) is 0 Å². The minimum atomic E-state index is -1.17. The number of rotatable bonds is 2. The van der Waals surface area contributed by atoms with E-state index in [1.54, 1.807) is 19.2 Å². The zero-order valence-corrected chi connectivity index (χ0v) is 11.9. The van der Waals surface area contributed by atoms with Crippen molar-refractivity contribution in [3.8, 4) is 5.75 Å². The van der Waals surface area contributed by atoms with Gasteiger partial charge in [-0.3, -0.25) is 4.31 Å². The molecule has 1 aliphatic rings. The number of hydrogen-bond acceptors (Lipinski definition) is 2. The molecule has 98 valence electrons. The number of benzene rings is 2. The Labute approximate surface area is 119 Å². The van der Waals surface area contributed by atoms with Crippen LogP contribution in [-0.2, 0) is 17.5 Å². The van der Waals surface area contributed by atoms with Crippen LogP contribution in [-0.4, -0.2) is 11.3 Å². The molecule has 3 rings (SSSR count). The third kappa shape index (κ3) is 2.11. The number of fused-ring (bicyclic) bond motifs is 1. The van der Waals surface area contributed by atoms with Crippen LogP contribution in [0.4, 0.5) is 5.69 Å². The van der Waals surface area contributed by atoms with E-state index >= 15 is 0 Å². The topological polar surface area (TPSA) is 29.5 Å². The average Bonchev–Trinajstić information content (AvgIpc) is 2.77. The summed E-state index contributed by atoms with van der Waals surface area (Å²) >= 11 is 6.12. The maximum absolute atomic E-state index is 12.4. The van der Waals surface area contributed by atoms with Gasteiger partial charge in [-0.05, 0) is 29.8 Å². The van der Waals surface area contributed by atoms with Crippen molar-refractivity contribution in [2.45, 2.75) is 11.4 Å². The molecule has 0 saturated heterocycles. The van der Waals surface area contributed by atoms with E-state index in [0.717, 1.165) is 16.1 Å². The summed E-state index contributed by atoms with van der Waals surface area (Å²) in [7, 11) is 0.405. The van der Waals surface area contributed by atoms with Crippen molar-refractivity contribution in [2.24, 2.45) is 0 Å². The van der Waals surface area contributed by atoms with E-state index in [1.807, 2.05) is 34.6 Å². The molecular weight excluding hydrogens is 282 g/mol. The first-order valence-corrected chi connectivity index (χ1v) is 7.30. The fourth-order valence-corrected chi connectivity index (χ4v) is 3.74. The van der Waals surface area contributed by atoms with Crippen LogP contribution in [0.2, 0.25) is 5.02 Å². The van der Waals surface area contributed by atoms with Crippen molar-refractivity contribution in [1.29, 1.82) is 0 Å². The number of hydrogen-bond donors (Lipinski definition) is 0. The Morgan fingerprint density at radius 2 is 2.05 bits per heavy atom. The van der Waals surface area contributed by atoms with E-state index in [0.29, 0.717) is 17.3 Å². The molecule has 3 nitrogen and oxygen atoms in total. The molecule has 19 heavy (non-hydrogen) atoms. The second kappa shape index (κ2) is 4.87. The molecule has 0 aliphatic carbocycles. The van der Waals surface area contributed by atoms with E-state index in [9.17, 15) is 4.21 Å². The summed E-state index contributed by atoms with van der Waals surface area (Å²) in [6.45, 7) is 0.630. The van der Waals surface area contributed by atoms with Crippen molar-refractivity contribution in [1.82, 2.24) is 0 Å². The smallest absolute Gasteiger partial charge is 0.153 e. The highest BCUT2D eigenvalue weighted by atomic mass is 35.5. The van der Waals surface area contributed by atoms with Gasteiger partial charge in [-0.15, -0.1) is 0 Å². The number of anilines is 1. The van der Waals surface area contributed by atoms with Gasteiger partial charge in [0.1, 0.15) is 5.75 Å². The molecule has 0 fully saturated rings.